The molecule has 0 aliphatic heterocycles. The first-order chi connectivity index (χ1) is 12.1. The van der Waals surface area contributed by atoms with Gasteiger partial charge in [-0.3, -0.25) is 0 Å². The van der Waals surface area contributed by atoms with Crippen molar-refractivity contribution in [3.8, 4) is 11.1 Å². The van der Waals surface area contributed by atoms with Crippen LogP contribution in [0.4, 0.5) is 0 Å². The molecule has 0 nitrogen and oxygen atoms in total. The fraction of sp³-hybridized carbons (Fsp3) is 0.280. The lowest BCUT2D eigenvalue weighted by molar-refractivity contribution is 0.388. The SMILES string of the molecule is CCC=CC1=CCC(C(C)(C)C2c3ccccc3-c3ccccc32)=C1. The Labute approximate surface area is 151 Å². The van der Waals surface area contributed by atoms with E-state index < -0.39 is 0 Å². The first-order valence-electron chi connectivity index (χ1n) is 9.39. The van der Waals surface area contributed by atoms with Gasteiger partial charge in [-0.1, -0.05) is 99.2 Å². The van der Waals surface area contributed by atoms with E-state index in [1.807, 2.05) is 0 Å². The van der Waals surface area contributed by atoms with E-state index >= 15 is 0 Å². The number of benzene rings is 2. The van der Waals surface area contributed by atoms with E-state index in [4.69, 9.17) is 0 Å². The van der Waals surface area contributed by atoms with Crippen LogP contribution in [0.1, 0.15) is 50.7 Å². The zero-order valence-electron chi connectivity index (χ0n) is 15.4. The van der Waals surface area contributed by atoms with Crippen molar-refractivity contribution in [1.29, 1.82) is 0 Å². The molecule has 0 saturated heterocycles. The molecule has 0 heteroatoms. The summed E-state index contributed by atoms with van der Waals surface area (Å²) < 4.78 is 0. The van der Waals surface area contributed by atoms with Crippen LogP contribution < -0.4 is 0 Å². The summed E-state index contributed by atoms with van der Waals surface area (Å²) in [6.07, 6.45) is 11.5. The Balaban J connectivity index is 1.78. The second-order valence-corrected chi connectivity index (χ2v) is 7.72. The predicted octanol–water partition coefficient (Wildman–Crippen LogP) is 7.05. The first-order valence-corrected chi connectivity index (χ1v) is 9.39. The van der Waals surface area contributed by atoms with Crippen molar-refractivity contribution >= 4 is 0 Å². The second kappa shape index (κ2) is 6.19. The van der Waals surface area contributed by atoms with Gasteiger partial charge in [0.1, 0.15) is 0 Å². The van der Waals surface area contributed by atoms with Gasteiger partial charge in [0.15, 0.2) is 0 Å². The monoisotopic (exact) mass is 326 g/mol. The molecule has 0 radical (unpaired) electrons. The van der Waals surface area contributed by atoms with E-state index in [1.54, 1.807) is 5.57 Å². The molecule has 2 aromatic rings. The van der Waals surface area contributed by atoms with E-state index in [1.165, 1.54) is 27.8 Å². The second-order valence-electron chi connectivity index (χ2n) is 7.72. The van der Waals surface area contributed by atoms with E-state index in [2.05, 4.69) is 93.6 Å². The highest BCUT2D eigenvalue weighted by molar-refractivity contribution is 5.79. The summed E-state index contributed by atoms with van der Waals surface area (Å²) in [5.74, 6) is 0.425. The number of rotatable bonds is 4. The minimum Gasteiger partial charge on any atom is -0.0842 e. The van der Waals surface area contributed by atoms with Crippen LogP contribution in [0.15, 0.2) is 84.0 Å². The minimum absolute atomic E-state index is 0.0982. The molecule has 0 amide bonds. The Kier molecular flexibility index (Phi) is 4.00. The molecule has 0 fully saturated rings. The van der Waals surface area contributed by atoms with Crippen LogP contribution in [0, 0.1) is 5.41 Å². The van der Waals surface area contributed by atoms with E-state index in [9.17, 15) is 0 Å². The third-order valence-corrected chi connectivity index (χ3v) is 5.83. The van der Waals surface area contributed by atoms with Crippen molar-refractivity contribution in [2.75, 3.05) is 0 Å². The smallest absolute Gasteiger partial charge is 0.0190 e. The normalized spacial score (nSPS) is 16.8. The maximum atomic E-state index is 2.42. The molecule has 0 atom stereocenters. The molecule has 0 heterocycles. The van der Waals surface area contributed by atoms with Crippen LogP contribution in [-0.4, -0.2) is 0 Å². The standard InChI is InChI=1S/C25H26/c1-4-5-10-18-15-16-19(17-18)25(2,3)24-22-13-8-6-11-20(22)21-12-7-9-14-23(21)24/h5-15,17,24H,4,16H2,1-3H3. The average molecular weight is 326 g/mol. The van der Waals surface area contributed by atoms with Crippen molar-refractivity contribution in [3.05, 3.63) is 95.1 Å². The predicted molar refractivity (Wildman–Crippen MR) is 108 cm³/mol. The van der Waals surface area contributed by atoms with Crippen LogP contribution in [0.3, 0.4) is 0 Å². The summed E-state index contributed by atoms with van der Waals surface area (Å²) in [5.41, 5.74) is 8.78. The summed E-state index contributed by atoms with van der Waals surface area (Å²) in [5, 5.41) is 0. The fourth-order valence-corrected chi connectivity index (χ4v) is 4.48. The van der Waals surface area contributed by atoms with Gasteiger partial charge in [0.05, 0.1) is 0 Å². The van der Waals surface area contributed by atoms with Gasteiger partial charge in [-0.05, 0) is 46.1 Å². The van der Waals surface area contributed by atoms with Gasteiger partial charge >= 0.3 is 0 Å². The molecule has 126 valence electrons. The van der Waals surface area contributed by atoms with Crippen LogP contribution in [-0.2, 0) is 0 Å². The van der Waals surface area contributed by atoms with Gasteiger partial charge in [-0.2, -0.15) is 0 Å². The summed E-state index contributed by atoms with van der Waals surface area (Å²) in [6, 6.07) is 17.9. The number of hydrogen-bond acceptors (Lipinski definition) is 0. The zero-order chi connectivity index (χ0) is 17.4. The van der Waals surface area contributed by atoms with Gasteiger partial charge in [-0.15, -0.1) is 0 Å². The van der Waals surface area contributed by atoms with Crippen molar-refractivity contribution in [2.45, 2.75) is 39.5 Å². The van der Waals surface area contributed by atoms with E-state index in [-0.39, 0.29) is 5.41 Å². The van der Waals surface area contributed by atoms with Gasteiger partial charge in [-0.25, -0.2) is 0 Å². The third kappa shape index (κ3) is 2.61. The highest BCUT2D eigenvalue weighted by atomic mass is 14.4. The van der Waals surface area contributed by atoms with Crippen LogP contribution >= 0.6 is 0 Å². The molecule has 0 aromatic heterocycles. The highest BCUT2D eigenvalue weighted by Crippen LogP contribution is 2.56. The van der Waals surface area contributed by atoms with Crippen molar-refractivity contribution in [3.63, 3.8) is 0 Å². The van der Waals surface area contributed by atoms with E-state index in [0.717, 1.165) is 12.8 Å². The quantitative estimate of drug-likeness (QED) is 0.565. The minimum atomic E-state index is 0.0982. The molecule has 0 unspecified atom stereocenters. The molecule has 4 rings (SSSR count). The molecule has 0 saturated carbocycles. The van der Waals surface area contributed by atoms with Crippen LogP contribution in [0.5, 0.6) is 0 Å². The van der Waals surface area contributed by atoms with Crippen LogP contribution in [0.2, 0.25) is 0 Å². The fourth-order valence-electron chi connectivity index (χ4n) is 4.48. The summed E-state index contributed by atoms with van der Waals surface area (Å²) in [7, 11) is 0. The van der Waals surface area contributed by atoms with Crippen molar-refractivity contribution < 1.29 is 0 Å². The first kappa shape index (κ1) is 16.1. The van der Waals surface area contributed by atoms with Crippen LogP contribution in [0.25, 0.3) is 11.1 Å². The highest BCUT2D eigenvalue weighted by Gasteiger charge is 2.41. The van der Waals surface area contributed by atoms with Gasteiger partial charge in [0.25, 0.3) is 0 Å². The molecule has 0 N–H and O–H groups in total. The Morgan fingerprint density at radius 3 is 2.16 bits per heavy atom. The molecule has 2 aromatic carbocycles. The average Bonchev–Trinajstić information content (AvgIpc) is 3.23. The molecule has 0 spiro atoms. The summed E-state index contributed by atoms with van der Waals surface area (Å²) in [6.45, 7) is 7.03. The molecule has 25 heavy (non-hydrogen) atoms. The molecule has 2 aliphatic carbocycles. The largest absolute Gasteiger partial charge is 0.0842 e. The summed E-state index contributed by atoms with van der Waals surface area (Å²) in [4.78, 5) is 0. The topological polar surface area (TPSA) is 0 Å². The number of allylic oxidation sites excluding steroid dienone is 6. The number of hydrogen-bond donors (Lipinski definition) is 0. The van der Waals surface area contributed by atoms with E-state index in [0.29, 0.717) is 5.92 Å². The lowest BCUT2D eigenvalue weighted by Gasteiger charge is -2.35. The summed E-state index contributed by atoms with van der Waals surface area (Å²) >= 11 is 0. The maximum Gasteiger partial charge on any atom is 0.0190 e. The Bertz CT molecular complexity index is 844. The molecular formula is C25H26. The maximum absolute atomic E-state index is 2.42. The Morgan fingerprint density at radius 1 is 0.960 bits per heavy atom. The Hall–Kier alpha value is -2.34. The van der Waals surface area contributed by atoms with Crippen molar-refractivity contribution in [2.24, 2.45) is 5.41 Å². The molecule has 0 bridgehead atoms. The lowest BCUT2D eigenvalue weighted by atomic mass is 9.68. The Morgan fingerprint density at radius 2 is 1.56 bits per heavy atom. The van der Waals surface area contributed by atoms with Gasteiger partial charge < -0.3 is 0 Å². The third-order valence-electron chi connectivity index (χ3n) is 5.83. The molecular weight excluding hydrogens is 300 g/mol. The number of fused-ring (bicyclic) bond motifs is 3. The van der Waals surface area contributed by atoms with Crippen molar-refractivity contribution in [1.82, 2.24) is 0 Å². The molecule has 2 aliphatic rings. The van der Waals surface area contributed by atoms with Gasteiger partial charge in [0, 0.05) is 5.92 Å². The lowest BCUT2D eigenvalue weighted by Crippen LogP contribution is -2.23. The zero-order valence-corrected chi connectivity index (χ0v) is 15.4. The van der Waals surface area contributed by atoms with Gasteiger partial charge in [0.2, 0.25) is 0 Å².